The molecule has 6 nitrogen and oxygen atoms in total. The predicted molar refractivity (Wildman–Crippen MR) is 107 cm³/mol. The van der Waals surface area contributed by atoms with Crippen LogP contribution in [-0.2, 0) is 0 Å². The van der Waals surface area contributed by atoms with Crippen LogP contribution in [0.25, 0.3) is 0 Å². The first-order valence-corrected chi connectivity index (χ1v) is 9.53. The van der Waals surface area contributed by atoms with Gasteiger partial charge in [-0.15, -0.1) is 0 Å². The summed E-state index contributed by atoms with van der Waals surface area (Å²) in [4.78, 5) is 12.3. The number of amides is 1. The Bertz CT molecular complexity index is 636. The molecular formula is C19H29N3O3S. The monoisotopic (exact) mass is 379 g/mol. The third-order valence-corrected chi connectivity index (χ3v) is 4.73. The van der Waals surface area contributed by atoms with Crippen LogP contribution in [0.5, 0.6) is 11.5 Å². The summed E-state index contributed by atoms with van der Waals surface area (Å²) in [7, 11) is 1.55. The SMILES string of the molecule is COc1cc(C(=O)NNC(=S)N[C@H]2CCCC[C@@H]2C)ccc1OC(C)C. The molecule has 1 fully saturated rings. The molecule has 0 aliphatic heterocycles. The Balaban J connectivity index is 1.89. The molecular weight excluding hydrogens is 350 g/mol. The highest BCUT2D eigenvalue weighted by Gasteiger charge is 2.21. The fourth-order valence-corrected chi connectivity index (χ4v) is 3.28. The molecule has 2 rings (SSSR count). The zero-order valence-electron chi connectivity index (χ0n) is 15.9. The molecule has 3 N–H and O–H groups in total. The number of carbonyl (C=O) groups excluding carboxylic acids is 1. The maximum atomic E-state index is 12.3. The number of carbonyl (C=O) groups is 1. The van der Waals surface area contributed by atoms with Gasteiger partial charge in [-0.1, -0.05) is 19.8 Å². The van der Waals surface area contributed by atoms with E-state index in [-0.39, 0.29) is 12.0 Å². The van der Waals surface area contributed by atoms with Crippen LogP contribution in [-0.4, -0.2) is 30.3 Å². The summed E-state index contributed by atoms with van der Waals surface area (Å²) in [6.45, 7) is 6.10. The molecule has 1 saturated carbocycles. The Morgan fingerprint density at radius 2 is 1.92 bits per heavy atom. The van der Waals surface area contributed by atoms with E-state index in [0.29, 0.717) is 34.1 Å². The van der Waals surface area contributed by atoms with Crippen molar-refractivity contribution in [1.29, 1.82) is 0 Å². The van der Waals surface area contributed by atoms with Gasteiger partial charge in [-0.25, -0.2) is 0 Å². The fourth-order valence-electron chi connectivity index (χ4n) is 3.08. The molecule has 1 aliphatic carbocycles. The summed E-state index contributed by atoms with van der Waals surface area (Å²) in [5.74, 6) is 1.41. The summed E-state index contributed by atoms with van der Waals surface area (Å²) in [6.07, 6.45) is 4.81. The molecule has 1 amide bonds. The Morgan fingerprint density at radius 3 is 2.58 bits per heavy atom. The van der Waals surface area contributed by atoms with Crippen LogP contribution < -0.4 is 25.6 Å². The van der Waals surface area contributed by atoms with Crippen molar-refractivity contribution in [2.24, 2.45) is 5.92 Å². The fraction of sp³-hybridized carbons (Fsp3) is 0.579. The highest BCUT2D eigenvalue weighted by Crippen LogP contribution is 2.29. The summed E-state index contributed by atoms with van der Waals surface area (Å²) >= 11 is 5.29. The van der Waals surface area contributed by atoms with Gasteiger partial charge in [0.05, 0.1) is 13.2 Å². The van der Waals surface area contributed by atoms with Gasteiger partial charge < -0.3 is 14.8 Å². The van der Waals surface area contributed by atoms with Gasteiger partial charge in [0.1, 0.15) is 0 Å². The van der Waals surface area contributed by atoms with Gasteiger partial charge in [-0.05, 0) is 63.0 Å². The lowest BCUT2D eigenvalue weighted by Gasteiger charge is -2.30. The molecule has 1 aromatic carbocycles. The predicted octanol–water partition coefficient (Wildman–Crippen LogP) is 3.17. The first-order valence-electron chi connectivity index (χ1n) is 9.12. The number of nitrogens with one attached hydrogen (secondary N) is 3. The molecule has 144 valence electrons. The van der Waals surface area contributed by atoms with E-state index in [1.54, 1.807) is 25.3 Å². The van der Waals surface area contributed by atoms with Crippen molar-refractivity contribution < 1.29 is 14.3 Å². The van der Waals surface area contributed by atoms with E-state index in [9.17, 15) is 4.79 Å². The van der Waals surface area contributed by atoms with Crippen LogP contribution in [0.1, 0.15) is 56.8 Å². The number of rotatable bonds is 5. The van der Waals surface area contributed by atoms with Gasteiger partial charge in [-0.2, -0.15) is 0 Å². The molecule has 0 spiro atoms. The van der Waals surface area contributed by atoms with E-state index in [2.05, 4.69) is 23.1 Å². The Morgan fingerprint density at radius 1 is 1.19 bits per heavy atom. The zero-order chi connectivity index (χ0) is 19.1. The highest BCUT2D eigenvalue weighted by molar-refractivity contribution is 7.80. The maximum Gasteiger partial charge on any atom is 0.269 e. The molecule has 0 aromatic heterocycles. The quantitative estimate of drug-likeness (QED) is 0.539. The number of methoxy groups -OCH3 is 1. The molecule has 0 radical (unpaired) electrons. The number of hydrogen-bond donors (Lipinski definition) is 3. The summed E-state index contributed by atoms with van der Waals surface area (Å²) < 4.78 is 11.0. The average molecular weight is 380 g/mol. The topological polar surface area (TPSA) is 71.6 Å². The highest BCUT2D eigenvalue weighted by atomic mass is 32.1. The largest absolute Gasteiger partial charge is 0.493 e. The van der Waals surface area contributed by atoms with E-state index >= 15 is 0 Å². The van der Waals surface area contributed by atoms with Crippen LogP contribution in [0.4, 0.5) is 0 Å². The minimum absolute atomic E-state index is 0.0240. The van der Waals surface area contributed by atoms with Crippen LogP contribution in [0.2, 0.25) is 0 Å². The Labute approximate surface area is 161 Å². The van der Waals surface area contributed by atoms with E-state index in [4.69, 9.17) is 21.7 Å². The Hall–Kier alpha value is -2.02. The molecule has 7 heteroatoms. The lowest BCUT2D eigenvalue weighted by molar-refractivity contribution is 0.0943. The van der Waals surface area contributed by atoms with Crippen molar-refractivity contribution >= 4 is 23.2 Å². The van der Waals surface area contributed by atoms with Gasteiger partial charge in [0, 0.05) is 11.6 Å². The molecule has 1 aliphatic rings. The maximum absolute atomic E-state index is 12.3. The van der Waals surface area contributed by atoms with E-state index in [1.807, 2.05) is 13.8 Å². The van der Waals surface area contributed by atoms with Gasteiger partial charge >= 0.3 is 0 Å². The van der Waals surface area contributed by atoms with Crippen LogP contribution in [0.15, 0.2) is 18.2 Å². The van der Waals surface area contributed by atoms with Crippen molar-refractivity contribution in [2.75, 3.05) is 7.11 Å². The lowest BCUT2D eigenvalue weighted by Crippen LogP contribution is -2.51. The Kier molecular flexibility index (Phi) is 7.50. The van der Waals surface area contributed by atoms with Gasteiger partial charge in [0.25, 0.3) is 5.91 Å². The standard InChI is InChI=1S/C19H29N3O3S/c1-12(2)25-16-10-9-14(11-17(16)24-4)18(23)21-22-19(26)20-15-8-6-5-7-13(15)3/h9-13,15H,5-8H2,1-4H3,(H,21,23)(H2,20,22,26)/t13-,15-/m0/s1. The average Bonchev–Trinajstić information content (AvgIpc) is 2.61. The van der Waals surface area contributed by atoms with Gasteiger partial charge in [0.15, 0.2) is 16.6 Å². The van der Waals surface area contributed by atoms with Crippen molar-refractivity contribution in [2.45, 2.75) is 58.6 Å². The molecule has 0 bridgehead atoms. The second-order valence-electron chi connectivity index (χ2n) is 6.95. The molecule has 0 saturated heterocycles. The molecule has 2 atom stereocenters. The molecule has 0 heterocycles. The molecule has 1 aromatic rings. The minimum Gasteiger partial charge on any atom is -0.493 e. The first kappa shape index (κ1) is 20.3. The van der Waals surface area contributed by atoms with Gasteiger partial charge in [0.2, 0.25) is 0 Å². The van der Waals surface area contributed by atoms with E-state index in [1.165, 1.54) is 19.3 Å². The van der Waals surface area contributed by atoms with Crippen LogP contribution in [0, 0.1) is 5.92 Å². The van der Waals surface area contributed by atoms with E-state index < -0.39 is 0 Å². The van der Waals surface area contributed by atoms with Gasteiger partial charge in [-0.3, -0.25) is 15.6 Å². The number of thiocarbonyl (C=S) groups is 1. The zero-order valence-corrected chi connectivity index (χ0v) is 16.7. The normalized spacial score (nSPS) is 19.6. The minimum atomic E-state index is -0.291. The third kappa shape index (κ3) is 5.76. The first-order chi connectivity index (χ1) is 12.4. The lowest BCUT2D eigenvalue weighted by atomic mass is 9.86. The number of benzene rings is 1. The smallest absolute Gasteiger partial charge is 0.269 e. The number of ether oxygens (including phenoxy) is 2. The summed E-state index contributed by atoms with van der Waals surface area (Å²) in [6, 6.07) is 5.42. The van der Waals surface area contributed by atoms with Crippen molar-refractivity contribution in [1.82, 2.24) is 16.2 Å². The van der Waals surface area contributed by atoms with Crippen molar-refractivity contribution in [3.8, 4) is 11.5 Å². The second kappa shape index (κ2) is 9.62. The summed E-state index contributed by atoms with van der Waals surface area (Å²) in [5.41, 5.74) is 5.87. The number of hydrogen-bond acceptors (Lipinski definition) is 4. The van der Waals surface area contributed by atoms with Crippen molar-refractivity contribution in [3.63, 3.8) is 0 Å². The summed E-state index contributed by atoms with van der Waals surface area (Å²) in [5, 5.41) is 3.72. The number of hydrazine groups is 1. The van der Waals surface area contributed by atoms with Crippen LogP contribution in [0.3, 0.4) is 0 Å². The second-order valence-corrected chi connectivity index (χ2v) is 7.36. The molecule has 26 heavy (non-hydrogen) atoms. The third-order valence-electron chi connectivity index (χ3n) is 4.51. The van der Waals surface area contributed by atoms with Crippen molar-refractivity contribution in [3.05, 3.63) is 23.8 Å². The van der Waals surface area contributed by atoms with E-state index in [0.717, 1.165) is 6.42 Å². The van der Waals surface area contributed by atoms with Crippen LogP contribution >= 0.6 is 12.2 Å². The molecule has 0 unspecified atom stereocenters.